The second-order valence-corrected chi connectivity index (χ2v) is 2.84. The SMILES string of the molecule is CN=C(N)CCc1ccc(F)cc1. The lowest BCUT2D eigenvalue weighted by atomic mass is 10.1. The van der Waals surface area contributed by atoms with Gasteiger partial charge < -0.3 is 5.73 Å². The molecule has 0 amide bonds. The lowest BCUT2D eigenvalue weighted by Gasteiger charge is -2.00. The Balaban J connectivity index is 2.51. The van der Waals surface area contributed by atoms with E-state index in [1.165, 1.54) is 12.1 Å². The van der Waals surface area contributed by atoms with E-state index in [4.69, 9.17) is 5.73 Å². The number of rotatable bonds is 3. The molecule has 13 heavy (non-hydrogen) atoms. The van der Waals surface area contributed by atoms with Crippen molar-refractivity contribution in [3.8, 4) is 0 Å². The summed E-state index contributed by atoms with van der Waals surface area (Å²) in [6.07, 6.45) is 1.53. The molecule has 2 N–H and O–H groups in total. The van der Waals surface area contributed by atoms with Crippen LogP contribution >= 0.6 is 0 Å². The van der Waals surface area contributed by atoms with Gasteiger partial charge in [0, 0.05) is 13.5 Å². The minimum absolute atomic E-state index is 0.208. The molecule has 0 fully saturated rings. The Morgan fingerprint density at radius 3 is 2.54 bits per heavy atom. The van der Waals surface area contributed by atoms with Crippen molar-refractivity contribution < 1.29 is 4.39 Å². The summed E-state index contributed by atoms with van der Waals surface area (Å²) in [6, 6.07) is 6.43. The fourth-order valence-electron chi connectivity index (χ4n) is 1.04. The fourth-order valence-corrected chi connectivity index (χ4v) is 1.04. The molecule has 2 nitrogen and oxygen atoms in total. The highest BCUT2D eigenvalue weighted by Gasteiger charge is 1.95. The van der Waals surface area contributed by atoms with E-state index in [9.17, 15) is 4.39 Å². The first-order chi connectivity index (χ1) is 6.22. The number of hydrogen-bond donors (Lipinski definition) is 1. The molecule has 0 saturated carbocycles. The Morgan fingerprint density at radius 2 is 2.00 bits per heavy atom. The fraction of sp³-hybridized carbons (Fsp3) is 0.300. The summed E-state index contributed by atoms with van der Waals surface area (Å²) in [6.45, 7) is 0. The van der Waals surface area contributed by atoms with Gasteiger partial charge in [0.25, 0.3) is 0 Å². The molecule has 0 atom stereocenters. The van der Waals surface area contributed by atoms with Gasteiger partial charge in [-0.3, -0.25) is 4.99 Å². The highest BCUT2D eigenvalue weighted by molar-refractivity contribution is 5.80. The van der Waals surface area contributed by atoms with Gasteiger partial charge >= 0.3 is 0 Å². The smallest absolute Gasteiger partial charge is 0.123 e. The molecule has 0 spiro atoms. The number of benzene rings is 1. The summed E-state index contributed by atoms with van der Waals surface area (Å²) in [5.74, 6) is 0.421. The van der Waals surface area contributed by atoms with Gasteiger partial charge in [-0.15, -0.1) is 0 Å². The van der Waals surface area contributed by atoms with Crippen LogP contribution in [0.5, 0.6) is 0 Å². The van der Waals surface area contributed by atoms with Gasteiger partial charge in [-0.1, -0.05) is 12.1 Å². The maximum atomic E-state index is 12.5. The molecule has 0 heterocycles. The molecule has 0 aromatic heterocycles. The van der Waals surface area contributed by atoms with Crippen molar-refractivity contribution in [1.29, 1.82) is 0 Å². The van der Waals surface area contributed by atoms with Gasteiger partial charge in [0.05, 0.1) is 5.84 Å². The zero-order valence-corrected chi connectivity index (χ0v) is 7.63. The molecular formula is C10H13FN2. The van der Waals surface area contributed by atoms with E-state index in [-0.39, 0.29) is 5.82 Å². The Labute approximate surface area is 77.3 Å². The number of nitrogens with two attached hydrogens (primary N) is 1. The molecular weight excluding hydrogens is 167 g/mol. The second-order valence-electron chi connectivity index (χ2n) is 2.84. The minimum Gasteiger partial charge on any atom is -0.387 e. The van der Waals surface area contributed by atoms with Gasteiger partial charge in [-0.05, 0) is 24.1 Å². The van der Waals surface area contributed by atoms with E-state index < -0.39 is 0 Å². The molecule has 1 aromatic carbocycles. The predicted molar refractivity (Wildman–Crippen MR) is 52.3 cm³/mol. The van der Waals surface area contributed by atoms with Crippen molar-refractivity contribution in [2.45, 2.75) is 12.8 Å². The van der Waals surface area contributed by atoms with E-state index in [0.717, 1.165) is 18.4 Å². The first kappa shape index (κ1) is 9.71. The quantitative estimate of drug-likeness (QED) is 0.558. The number of nitrogens with zero attached hydrogens (tertiary/aromatic N) is 1. The van der Waals surface area contributed by atoms with Crippen molar-refractivity contribution in [2.75, 3.05) is 7.05 Å². The molecule has 3 heteroatoms. The molecule has 1 rings (SSSR count). The lowest BCUT2D eigenvalue weighted by Crippen LogP contribution is -2.12. The highest BCUT2D eigenvalue weighted by atomic mass is 19.1. The zero-order chi connectivity index (χ0) is 9.68. The molecule has 0 aliphatic rings. The maximum absolute atomic E-state index is 12.5. The Hall–Kier alpha value is -1.38. The minimum atomic E-state index is -0.208. The van der Waals surface area contributed by atoms with Crippen LogP contribution in [0.1, 0.15) is 12.0 Å². The van der Waals surface area contributed by atoms with Crippen molar-refractivity contribution in [2.24, 2.45) is 10.7 Å². The normalized spacial score (nSPS) is 11.7. The third kappa shape index (κ3) is 3.23. The van der Waals surface area contributed by atoms with E-state index in [1.54, 1.807) is 19.2 Å². The van der Waals surface area contributed by atoms with Crippen LogP contribution in [0.2, 0.25) is 0 Å². The summed E-state index contributed by atoms with van der Waals surface area (Å²) in [5.41, 5.74) is 6.60. The van der Waals surface area contributed by atoms with Crippen LogP contribution in [-0.2, 0) is 6.42 Å². The topological polar surface area (TPSA) is 38.4 Å². The first-order valence-electron chi connectivity index (χ1n) is 4.18. The third-order valence-corrected chi connectivity index (χ3v) is 1.87. The van der Waals surface area contributed by atoms with Crippen molar-refractivity contribution in [3.63, 3.8) is 0 Å². The van der Waals surface area contributed by atoms with Crippen LogP contribution in [0.3, 0.4) is 0 Å². The van der Waals surface area contributed by atoms with Crippen LogP contribution < -0.4 is 5.73 Å². The summed E-state index contributed by atoms with van der Waals surface area (Å²) >= 11 is 0. The van der Waals surface area contributed by atoms with E-state index in [1.807, 2.05) is 0 Å². The average Bonchev–Trinajstić information content (AvgIpc) is 2.16. The van der Waals surface area contributed by atoms with Crippen LogP contribution in [0.4, 0.5) is 4.39 Å². The monoisotopic (exact) mass is 180 g/mol. The Kier molecular flexibility index (Phi) is 3.43. The molecule has 0 radical (unpaired) electrons. The highest BCUT2D eigenvalue weighted by Crippen LogP contribution is 2.05. The molecule has 70 valence electrons. The van der Waals surface area contributed by atoms with Crippen LogP contribution in [-0.4, -0.2) is 12.9 Å². The summed E-state index contributed by atoms with van der Waals surface area (Å²) in [5, 5.41) is 0. The summed E-state index contributed by atoms with van der Waals surface area (Å²) in [4.78, 5) is 3.84. The molecule has 0 unspecified atom stereocenters. The number of amidine groups is 1. The summed E-state index contributed by atoms with van der Waals surface area (Å²) in [7, 11) is 1.67. The molecule has 0 aliphatic carbocycles. The van der Waals surface area contributed by atoms with E-state index in [0.29, 0.717) is 5.84 Å². The number of hydrogen-bond acceptors (Lipinski definition) is 1. The van der Waals surface area contributed by atoms with Crippen LogP contribution in [0.15, 0.2) is 29.3 Å². The van der Waals surface area contributed by atoms with E-state index >= 15 is 0 Å². The van der Waals surface area contributed by atoms with Gasteiger partial charge in [0.2, 0.25) is 0 Å². The van der Waals surface area contributed by atoms with Crippen molar-refractivity contribution in [3.05, 3.63) is 35.6 Å². The predicted octanol–water partition coefficient (Wildman–Crippen LogP) is 1.75. The number of halogens is 1. The second kappa shape index (κ2) is 4.60. The largest absolute Gasteiger partial charge is 0.387 e. The third-order valence-electron chi connectivity index (χ3n) is 1.87. The maximum Gasteiger partial charge on any atom is 0.123 e. The molecule has 0 saturated heterocycles. The van der Waals surface area contributed by atoms with Gasteiger partial charge in [-0.2, -0.15) is 0 Å². The average molecular weight is 180 g/mol. The van der Waals surface area contributed by atoms with Crippen molar-refractivity contribution >= 4 is 5.84 Å². The molecule has 0 bridgehead atoms. The van der Waals surface area contributed by atoms with Gasteiger partial charge in [0.1, 0.15) is 5.82 Å². The molecule has 1 aromatic rings. The van der Waals surface area contributed by atoms with Crippen LogP contribution in [0, 0.1) is 5.82 Å². The van der Waals surface area contributed by atoms with Crippen LogP contribution in [0.25, 0.3) is 0 Å². The van der Waals surface area contributed by atoms with Crippen molar-refractivity contribution in [1.82, 2.24) is 0 Å². The van der Waals surface area contributed by atoms with Gasteiger partial charge in [-0.25, -0.2) is 4.39 Å². The lowest BCUT2D eigenvalue weighted by molar-refractivity contribution is 0.627. The number of aliphatic imine (C=N–C) groups is 1. The Bertz CT molecular complexity index is 290. The standard InChI is InChI=1S/C10H13FN2/c1-13-10(12)7-4-8-2-5-9(11)6-3-8/h2-3,5-6H,4,7H2,1H3,(H2,12,13). The number of aryl methyl sites for hydroxylation is 1. The first-order valence-corrected chi connectivity index (χ1v) is 4.18. The molecule has 0 aliphatic heterocycles. The zero-order valence-electron chi connectivity index (χ0n) is 7.63. The summed E-state index contributed by atoms with van der Waals surface area (Å²) < 4.78 is 12.5. The van der Waals surface area contributed by atoms with Gasteiger partial charge in [0.15, 0.2) is 0 Å². The van der Waals surface area contributed by atoms with E-state index in [2.05, 4.69) is 4.99 Å². The Morgan fingerprint density at radius 1 is 1.38 bits per heavy atom.